The highest BCUT2D eigenvalue weighted by atomic mass is 35.5. The minimum atomic E-state index is -3.78. The van der Waals surface area contributed by atoms with Gasteiger partial charge in [0.2, 0.25) is 5.91 Å². The van der Waals surface area contributed by atoms with Crippen LogP contribution in [0.25, 0.3) is 0 Å². The van der Waals surface area contributed by atoms with Crippen LogP contribution in [0.2, 0.25) is 5.02 Å². The molecule has 2 atom stereocenters. The second-order valence-electron chi connectivity index (χ2n) is 8.85. The van der Waals surface area contributed by atoms with Gasteiger partial charge < -0.3 is 4.74 Å². The van der Waals surface area contributed by atoms with Gasteiger partial charge >= 0.3 is 7.82 Å². The van der Waals surface area contributed by atoms with Crippen LogP contribution >= 0.6 is 31.2 Å². The maximum atomic E-state index is 13.0. The third-order valence-corrected chi connectivity index (χ3v) is 7.84. The molecule has 8 nitrogen and oxygen atoms in total. The summed E-state index contributed by atoms with van der Waals surface area (Å²) in [5, 5.41) is 2.04. The normalized spacial score (nSPS) is 22.3. The molecule has 1 N–H and O–H groups in total. The van der Waals surface area contributed by atoms with Gasteiger partial charge in [-0.05, 0) is 41.8 Å². The first kappa shape index (κ1) is 25.2. The fraction of sp³-hybridized carbons (Fsp3) is 0.391. The van der Waals surface area contributed by atoms with Crippen molar-refractivity contribution in [3.8, 4) is 5.75 Å². The van der Waals surface area contributed by atoms with Crippen LogP contribution in [0, 0.1) is 5.41 Å². The zero-order valence-corrected chi connectivity index (χ0v) is 21.2. The number of rotatable bonds is 8. The SMILES string of the molecule is CC1(C)COP(=O)(OC(COc2ccc(CC3SC(=O)NC3=O)cc2)c2cccc(Cl)c2)OC1. The molecule has 0 saturated carbocycles. The van der Waals surface area contributed by atoms with Gasteiger partial charge in [0.15, 0.2) is 0 Å². The molecule has 0 aliphatic carbocycles. The van der Waals surface area contributed by atoms with E-state index in [9.17, 15) is 14.2 Å². The van der Waals surface area contributed by atoms with Crippen LogP contribution in [0.5, 0.6) is 5.75 Å². The third kappa shape index (κ3) is 6.62. The number of halogens is 1. The number of hydrogen-bond acceptors (Lipinski definition) is 8. The third-order valence-electron chi connectivity index (χ3n) is 5.22. The molecular formula is C23H25ClNO7PS. The first-order chi connectivity index (χ1) is 16.1. The lowest BCUT2D eigenvalue weighted by Crippen LogP contribution is -2.30. The van der Waals surface area contributed by atoms with E-state index in [0.29, 0.717) is 22.8 Å². The standard InChI is InChI=1S/C23H25ClNO7PS/c1-23(2)13-30-33(28,31-14-23)32-19(16-4-3-5-17(24)11-16)12-29-18-8-6-15(7-9-18)10-20-21(26)25-22(27)34-20/h3-9,11,19-20H,10,12-14H2,1-2H3,(H,25,26,27). The molecule has 2 saturated heterocycles. The number of hydrogen-bond donors (Lipinski definition) is 1. The van der Waals surface area contributed by atoms with Crippen molar-refractivity contribution in [3.63, 3.8) is 0 Å². The van der Waals surface area contributed by atoms with Crippen molar-refractivity contribution in [1.29, 1.82) is 0 Å². The van der Waals surface area contributed by atoms with Gasteiger partial charge in [-0.1, -0.05) is 61.5 Å². The molecule has 2 amide bonds. The molecule has 11 heteroatoms. The van der Waals surface area contributed by atoms with Crippen LogP contribution in [0.3, 0.4) is 0 Å². The maximum Gasteiger partial charge on any atom is 0.475 e. The predicted molar refractivity (Wildman–Crippen MR) is 129 cm³/mol. The summed E-state index contributed by atoms with van der Waals surface area (Å²) in [7, 11) is -3.78. The number of carbonyl (C=O) groups excluding carboxylic acids is 2. The summed E-state index contributed by atoms with van der Waals surface area (Å²) >= 11 is 7.14. The Bertz CT molecular complexity index is 1100. The van der Waals surface area contributed by atoms with Crippen molar-refractivity contribution in [2.75, 3.05) is 19.8 Å². The Morgan fingerprint density at radius 3 is 2.50 bits per heavy atom. The lowest BCUT2D eigenvalue weighted by atomic mass is 9.97. The molecule has 0 radical (unpaired) electrons. The number of imide groups is 1. The molecule has 2 aromatic carbocycles. The number of nitrogens with one attached hydrogen (secondary N) is 1. The average Bonchev–Trinajstić information content (AvgIpc) is 3.11. The number of thioether (sulfide) groups is 1. The number of carbonyl (C=O) groups is 2. The van der Waals surface area contributed by atoms with E-state index in [1.54, 1.807) is 36.4 Å². The zero-order valence-electron chi connectivity index (χ0n) is 18.7. The molecular weight excluding hydrogens is 501 g/mol. The molecule has 0 spiro atoms. The molecule has 0 bridgehead atoms. The summed E-state index contributed by atoms with van der Waals surface area (Å²) in [5.74, 6) is 0.283. The van der Waals surface area contributed by atoms with Crippen LogP contribution in [0.4, 0.5) is 4.79 Å². The lowest BCUT2D eigenvalue weighted by molar-refractivity contribution is -0.118. The maximum absolute atomic E-state index is 13.0. The number of phosphoric ester groups is 1. The second kappa shape index (κ2) is 10.4. The van der Waals surface area contributed by atoms with Gasteiger partial charge in [-0.3, -0.25) is 28.5 Å². The fourth-order valence-corrected chi connectivity index (χ4v) is 6.10. The smallest absolute Gasteiger partial charge is 0.475 e. The van der Waals surface area contributed by atoms with Gasteiger partial charge in [-0.15, -0.1) is 0 Å². The van der Waals surface area contributed by atoms with Crippen molar-refractivity contribution in [3.05, 3.63) is 64.7 Å². The number of phosphoric acid groups is 1. The summed E-state index contributed by atoms with van der Waals surface area (Å²) < 4.78 is 35.7. The number of ether oxygens (including phenoxy) is 1. The Morgan fingerprint density at radius 2 is 1.88 bits per heavy atom. The van der Waals surface area contributed by atoms with Crippen molar-refractivity contribution in [2.24, 2.45) is 5.41 Å². The van der Waals surface area contributed by atoms with E-state index in [1.165, 1.54) is 0 Å². The zero-order chi connectivity index (χ0) is 24.3. The lowest BCUT2D eigenvalue weighted by Gasteiger charge is -2.34. The molecule has 0 aromatic heterocycles. The van der Waals surface area contributed by atoms with Crippen molar-refractivity contribution in [2.45, 2.75) is 31.6 Å². The first-order valence-corrected chi connectivity index (χ1v) is 13.4. The molecule has 2 fully saturated rings. The van der Waals surface area contributed by atoms with Gasteiger partial charge in [-0.25, -0.2) is 4.57 Å². The van der Waals surface area contributed by atoms with Gasteiger partial charge in [0, 0.05) is 10.4 Å². The number of benzene rings is 2. The van der Waals surface area contributed by atoms with Gasteiger partial charge in [0.05, 0.1) is 18.5 Å². The van der Waals surface area contributed by atoms with Crippen LogP contribution in [-0.4, -0.2) is 36.2 Å². The predicted octanol–water partition coefficient (Wildman–Crippen LogP) is 5.55. The van der Waals surface area contributed by atoms with Gasteiger partial charge in [0.1, 0.15) is 18.5 Å². The topological polar surface area (TPSA) is 100 Å². The average molecular weight is 526 g/mol. The quantitative estimate of drug-likeness (QED) is 0.448. The highest BCUT2D eigenvalue weighted by Crippen LogP contribution is 2.57. The largest absolute Gasteiger partial charge is 0.491 e. The monoisotopic (exact) mass is 525 g/mol. The highest BCUT2D eigenvalue weighted by Gasteiger charge is 2.40. The fourth-order valence-electron chi connectivity index (χ4n) is 3.33. The minimum absolute atomic E-state index is 0.0369. The Morgan fingerprint density at radius 1 is 1.18 bits per heavy atom. The van der Waals surface area contributed by atoms with Crippen LogP contribution in [0.15, 0.2) is 48.5 Å². The van der Waals surface area contributed by atoms with E-state index in [1.807, 2.05) is 26.0 Å². The van der Waals surface area contributed by atoms with Gasteiger partial charge in [-0.2, -0.15) is 0 Å². The molecule has 2 aliphatic heterocycles. The van der Waals surface area contributed by atoms with E-state index in [2.05, 4.69) is 5.32 Å². The van der Waals surface area contributed by atoms with E-state index >= 15 is 0 Å². The summed E-state index contributed by atoms with van der Waals surface area (Å²) in [6.07, 6.45) is -0.319. The minimum Gasteiger partial charge on any atom is -0.491 e. The summed E-state index contributed by atoms with van der Waals surface area (Å²) in [6, 6.07) is 14.2. The first-order valence-electron chi connectivity index (χ1n) is 10.7. The summed E-state index contributed by atoms with van der Waals surface area (Å²) in [5.41, 5.74) is 1.31. The molecule has 2 aliphatic rings. The van der Waals surface area contributed by atoms with E-state index in [-0.39, 0.29) is 36.4 Å². The van der Waals surface area contributed by atoms with Crippen LogP contribution in [0.1, 0.15) is 31.1 Å². The Balaban J connectivity index is 1.42. The molecule has 182 valence electrons. The van der Waals surface area contributed by atoms with Crippen molar-refractivity contribution < 1.29 is 32.5 Å². The molecule has 34 heavy (non-hydrogen) atoms. The van der Waals surface area contributed by atoms with E-state index in [4.69, 9.17) is 29.9 Å². The molecule has 2 heterocycles. The van der Waals surface area contributed by atoms with Crippen molar-refractivity contribution >= 4 is 42.3 Å². The molecule has 4 rings (SSSR count). The highest BCUT2D eigenvalue weighted by molar-refractivity contribution is 8.15. The Labute approximate surface area is 207 Å². The van der Waals surface area contributed by atoms with Gasteiger partial charge in [0.25, 0.3) is 5.24 Å². The molecule has 2 aromatic rings. The molecule has 2 unspecified atom stereocenters. The number of amides is 2. The van der Waals surface area contributed by atoms with Crippen LogP contribution in [-0.2, 0) is 29.4 Å². The second-order valence-corrected chi connectivity index (χ2v) is 12.1. The van der Waals surface area contributed by atoms with E-state index < -0.39 is 19.2 Å². The Kier molecular flexibility index (Phi) is 7.72. The van der Waals surface area contributed by atoms with E-state index in [0.717, 1.165) is 17.3 Å². The summed E-state index contributed by atoms with van der Waals surface area (Å²) in [4.78, 5) is 23.1. The van der Waals surface area contributed by atoms with Crippen LogP contribution < -0.4 is 10.1 Å². The summed E-state index contributed by atoms with van der Waals surface area (Å²) in [6.45, 7) is 4.44. The Hall–Kier alpha value is -1.87. The van der Waals surface area contributed by atoms with Crippen molar-refractivity contribution in [1.82, 2.24) is 5.32 Å².